The summed E-state index contributed by atoms with van der Waals surface area (Å²) in [5.74, 6) is 0.937. The fraction of sp³-hybridized carbons (Fsp3) is 0.167. The second-order valence-corrected chi connectivity index (χ2v) is 7.87. The predicted molar refractivity (Wildman–Crippen MR) is 119 cm³/mol. The van der Waals surface area contributed by atoms with E-state index < -0.39 is 0 Å². The zero-order chi connectivity index (χ0) is 21.4. The smallest absolute Gasteiger partial charge is 0.255 e. The van der Waals surface area contributed by atoms with Crippen molar-refractivity contribution in [3.63, 3.8) is 0 Å². The number of aromatic nitrogens is 3. The third-order valence-electron chi connectivity index (χ3n) is 5.51. The molecule has 4 aromatic rings. The molecule has 2 unspecified atom stereocenters. The number of hydrogen-bond donors (Lipinski definition) is 2. The number of imidazole rings is 1. The highest BCUT2D eigenvalue weighted by Crippen LogP contribution is 2.38. The third kappa shape index (κ3) is 4.02. The van der Waals surface area contributed by atoms with Gasteiger partial charge in [0.25, 0.3) is 5.91 Å². The van der Waals surface area contributed by atoms with Gasteiger partial charge in [-0.1, -0.05) is 25.1 Å². The summed E-state index contributed by atoms with van der Waals surface area (Å²) in [6, 6.07) is 16.3. The van der Waals surface area contributed by atoms with Crippen LogP contribution in [0.15, 0.2) is 73.2 Å². The van der Waals surface area contributed by atoms with Crippen LogP contribution in [0.4, 0.5) is 11.4 Å². The summed E-state index contributed by atoms with van der Waals surface area (Å²) < 4.78 is 1.86. The minimum atomic E-state index is -0.236. The van der Waals surface area contributed by atoms with Crippen molar-refractivity contribution in [2.45, 2.75) is 13.3 Å². The van der Waals surface area contributed by atoms with Gasteiger partial charge in [-0.25, -0.2) is 9.97 Å². The maximum atomic E-state index is 12.7. The van der Waals surface area contributed by atoms with Gasteiger partial charge in [0, 0.05) is 47.0 Å². The van der Waals surface area contributed by atoms with Gasteiger partial charge in [0.05, 0.1) is 5.69 Å². The van der Waals surface area contributed by atoms with Gasteiger partial charge in [0.2, 0.25) is 11.7 Å². The van der Waals surface area contributed by atoms with Crippen LogP contribution in [0.1, 0.15) is 23.7 Å². The summed E-state index contributed by atoms with van der Waals surface area (Å²) in [6.07, 6.45) is 6.44. The summed E-state index contributed by atoms with van der Waals surface area (Å²) in [5, 5.41) is 5.79. The number of carbonyl (C=O) groups excluding carboxylic acids is 2. The molecule has 0 saturated heterocycles. The van der Waals surface area contributed by atoms with E-state index in [2.05, 4.69) is 27.5 Å². The van der Waals surface area contributed by atoms with E-state index in [1.807, 2.05) is 47.1 Å². The van der Waals surface area contributed by atoms with Gasteiger partial charge in [-0.15, -0.1) is 0 Å². The molecule has 31 heavy (non-hydrogen) atoms. The molecule has 5 rings (SSSR count). The summed E-state index contributed by atoms with van der Waals surface area (Å²) in [4.78, 5) is 33.6. The Morgan fingerprint density at radius 3 is 2.58 bits per heavy atom. The normalized spacial score (nSPS) is 17.3. The zero-order valence-corrected chi connectivity index (χ0v) is 16.9. The Morgan fingerprint density at radius 2 is 1.84 bits per heavy atom. The van der Waals surface area contributed by atoms with Crippen LogP contribution in [-0.4, -0.2) is 26.2 Å². The molecule has 154 valence electrons. The molecule has 2 atom stereocenters. The first-order valence-electron chi connectivity index (χ1n) is 10.2. The van der Waals surface area contributed by atoms with Gasteiger partial charge in [-0.3, -0.25) is 14.0 Å². The van der Waals surface area contributed by atoms with E-state index in [1.54, 1.807) is 30.5 Å². The fourth-order valence-electron chi connectivity index (χ4n) is 3.56. The van der Waals surface area contributed by atoms with Crippen molar-refractivity contribution in [2.75, 3.05) is 10.6 Å². The lowest BCUT2D eigenvalue weighted by molar-refractivity contribution is -0.117. The first kappa shape index (κ1) is 19.0. The van der Waals surface area contributed by atoms with E-state index in [-0.39, 0.29) is 17.7 Å². The van der Waals surface area contributed by atoms with Crippen molar-refractivity contribution in [3.8, 4) is 11.3 Å². The number of benzene rings is 2. The topological polar surface area (TPSA) is 88.4 Å². The molecule has 7 heteroatoms. The highest BCUT2D eigenvalue weighted by Gasteiger charge is 2.39. The second kappa shape index (κ2) is 7.68. The number of anilines is 2. The monoisotopic (exact) mass is 411 g/mol. The Kier molecular flexibility index (Phi) is 4.71. The maximum absolute atomic E-state index is 12.7. The molecule has 1 aliphatic rings. The highest BCUT2D eigenvalue weighted by atomic mass is 16.2. The molecule has 1 saturated carbocycles. The Hall–Kier alpha value is -4.00. The van der Waals surface area contributed by atoms with E-state index in [9.17, 15) is 9.59 Å². The predicted octanol–water partition coefficient (Wildman–Crippen LogP) is 4.24. The summed E-state index contributed by atoms with van der Waals surface area (Å²) in [5.41, 5.74) is 3.54. The molecule has 0 spiro atoms. The van der Waals surface area contributed by atoms with Crippen LogP contribution in [0.3, 0.4) is 0 Å². The minimum absolute atomic E-state index is 0.0165. The number of amides is 2. The molecule has 7 nitrogen and oxygen atoms in total. The Labute approximate surface area is 179 Å². The quantitative estimate of drug-likeness (QED) is 0.514. The van der Waals surface area contributed by atoms with Gasteiger partial charge in [-0.2, -0.15) is 0 Å². The molecule has 1 aliphatic carbocycles. The highest BCUT2D eigenvalue weighted by molar-refractivity contribution is 6.05. The van der Waals surface area contributed by atoms with Crippen LogP contribution < -0.4 is 10.6 Å². The Balaban J connectivity index is 1.27. The van der Waals surface area contributed by atoms with Gasteiger partial charge < -0.3 is 10.6 Å². The van der Waals surface area contributed by atoms with E-state index in [0.29, 0.717) is 28.6 Å². The van der Waals surface area contributed by atoms with E-state index in [1.165, 1.54) is 0 Å². The number of nitrogens with one attached hydrogen (secondary N) is 2. The van der Waals surface area contributed by atoms with Crippen LogP contribution in [0.2, 0.25) is 0 Å². The molecule has 0 radical (unpaired) electrons. The van der Waals surface area contributed by atoms with Crippen molar-refractivity contribution < 1.29 is 9.59 Å². The van der Waals surface area contributed by atoms with E-state index in [4.69, 9.17) is 0 Å². The summed E-state index contributed by atoms with van der Waals surface area (Å²) >= 11 is 0. The van der Waals surface area contributed by atoms with Gasteiger partial charge in [0.15, 0.2) is 0 Å². The van der Waals surface area contributed by atoms with Gasteiger partial charge in [0.1, 0.15) is 0 Å². The molecule has 0 bridgehead atoms. The van der Waals surface area contributed by atoms with Crippen molar-refractivity contribution in [1.29, 1.82) is 0 Å². The minimum Gasteiger partial charge on any atom is -0.326 e. The second-order valence-electron chi connectivity index (χ2n) is 7.87. The average molecular weight is 411 g/mol. The molecular weight excluding hydrogens is 390 g/mol. The Bertz CT molecular complexity index is 1250. The van der Waals surface area contributed by atoms with E-state index >= 15 is 0 Å². The molecule has 2 amide bonds. The first-order chi connectivity index (χ1) is 15.1. The lowest BCUT2D eigenvalue weighted by Gasteiger charge is -2.09. The van der Waals surface area contributed by atoms with Crippen LogP contribution in [0.5, 0.6) is 0 Å². The third-order valence-corrected chi connectivity index (χ3v) is 5.51. The molecule has 2 N–H and O–H groups in total. The molecular formula is C24H21N5O2. The van der Waals surface area contributed by atoms with Crippen LogP contribution >= 0.6 is 0 Å². The lowest BCUT2D eigenvalue weighted by atomic mass is 10.1. The van der Waals surface area contributed by atoms with E-state index in [0.717, 1.165) is 17.7 Å². The standard InChI is InChI=1S/C24H21N5O2/c1-15-12-20(15)23(31)27-19-5-2-4-17(13-19)22(30)26-18-8-6-16(7-9-18)21-14-29-11-3-10-25-24(29)28-21/h2-11,13-15,20H,12H2,1H3,(H,26,30)(H,27,31). The van der Waals surface area contributed by atoms with Crippen molar-refractivity contribution in [1.82, 2.24) is 14.4 Å². The molecule has 1 fully saturated rings. The average Bonchev–Trinajstić information content (AvgIpc) is 3.36. The number of nitrogens with zero attached hydrogens (tertiary/aromatic N) is 3. The number of hydrogen-bond acceptors (Lipinski definition) is 4. The van der Waals surface area contributed by atoms with Crippen LogP contribution in [0.25, 0.3) is 17.0 Å². The number of fused-ring (bicyclic) bond motifs is 1. The van der Waals surface area contributed by atoms with Crippen molar-refractivity contribution in [2.24, 2.45) is 11.8 Å². The van der Waals surface area contributed by atoms with Crippen molar-refractivity contribution in [3.05, 3.63) is 78.8 Å². The molecule has 2 aromatic heterocycles. The molecule has 2 aromatic carbocycles. The number of rotatable bonds is 5. The lowest BCUT2D eigenvalue weighted by Crippen LogP contribution is -2.16. The summed E-state index contributed by atoms with van der Waals surface area (Å²) in [7, 11) is 0. The SMILES string of the molecule is CC1CC1C(=O)Nc1cccc(C(=O)Nc2ccc(-c3cn4cccnc4n3)cc2)c1. The largest absolute Gasteiger partial charge is 0.326 e. The zero-order valence-electron chi connectivity index (χ0n) is 16.9. The van der Waals surface area contributed by atoms with Crippen LogP contribution in [-0.2, 0) is 4.79 Å². The Morgan fingerprint density at radius 1 is 1.03 bits per heavy atom. The first-order valence-corrected chi connectivity index (χ1v) is 10.2. The van der Waals surface area contributed by atoms with Crippen LogP contribution in [0, 0.1) is 11.8 Å². The number of carbonyl (C=O) groups is 2. The maximum Gasteiger partial charge on any atom is 0.255 e. The summed E-state index contributed by atoms with van der Waals surface area (Å²) in [6.45, 7) is 2.06. The molecule has 2 heterocycles. The van der Waals surface area contributed by atoms with Gasteiger partial charge >= 0.3 is 0 Å². The van der Waals surface area contributed by atoms with Gasteiger partial charge in [-0.05, 0) is 48.7 Å². The fourth-order valence-corrected chi connectivity index (χ4v) is 3.56. The molecule has 0 aliphatic heterocycles. The van der Waals surface area contributed by atoms with Crippen molar-refractivity contribution >= 4 is 29.0 Å².